The first-order chi connectivity index (χ1) is 15.1. The maximum absolute atomic E-state index is 13.0. The number of carbonyl (C=O) groups excluding carboxylic acids is 4. The van der Waals surface area contributed by atoms with E-state index in [2.05, 4.69) is 10.6 Å². The lowest BCUT2D eigenvalue weighted by molar-refractivity contribution is -0.145. The van der Waals surface area contributed by atoms with Gasteiger partial charge in [0.25, 0.3) is 0 Å². The van der Waals surface area contributed by atoms with Gasteiger partial charge < -0.3 is 20.1 Å². The van der Waals surface area contributed by atoms with E-state index in [-0.39, 0.29) is 24.7 Å². The molecule has 2 aromatic carbocycles. The molecule has 168 valence electrons. The number of amides is 1. The second-order valence-electron chi connectivity index (χ2n) is 8.39. The molecule has 8 heteroatoms. The van der Waals surface area contributed by atoms with E-state index in [0.717, 1.165) is 0 Å². The minimum atomic E-state index is -0.884. The van der Waals surface area contributed by atoms with Crippen molar-refractivity contribution in [3.63, 3.8) is 0 Å². The van der Waals surface area contributed by atoms with Crippen LogP contribution in [0.2, 0.25) is 0 Å². The van der Waals surface area contributed by atoms with E-state index < -0.39 is 23.7 Å². The summed E-state index contributed by atoms with van der Waals surface area (Å²) in [6.45, 7) is 6.88. The summed E-state index contributed by atoms with van der Waals surface area (Å²) in [4.78, 5) is 49.6. The van der Waals surface area contributed by atoms with Gasteiger partial charge in [-0.2, -0.15) is 0 Å². The van der Waals surface area contributed by atoms with E-state index in [1.165, 1.54) is 6.92 Å². The fraction of sp³-hybridized carbons (Fsp3) is 0.333. The lowest BCUT2D eigenvalue weighted by Crippen LogP contribution is -2.42. The standard InChI is InChI=1S/C24H26N2O6/c1-14(26-23(30)32-24(2,3)4)22(29)31-13-12-25-18-11-7-10-17-19(18)21(28)16-9-6-5-8-15(16)20(17)27/h5-11,14,25H,12-13H2,1-4H3,(H,26,30)/t14-/m0/s1. The number of esters is 1. The first-order valence-corrected chi connectivity index (χ1v) is 10.3. The first-order valence-electron chi connectivity index (χ1n) is 10.3. The molecule has 0 unspecified atom stereocenters. The van der Waals surface area contributed by atoms with Gasteiger partial charge in [-0.3, -0.25) is 9.59 Å². The van der Waals surface area contributed by atoms with Gasteiger partial charge in [0.1, 0.15) is 18.2 Å². The van der Waals surface area contributed by atoms with E-state index in [0.29, 0.717) is 27.9 Å². The van der Waals surface area contributed by atoms with Crippen LogP contribution in [0, 0.1) is 0 Å². The zero-order chi connectivity index (χ0) is 23.5. The molecule has 0 saturated heterocycles. The second-order valence-corrected chi connectivity index (χ2v) is 8.39. The normalized spacial score (nSPS) is 13.5. The third-order valence-electron chi connectivity index (χ3n) is 4.70. The Hall–Kier alpha value is -3.68. The first kappa shape index (κ1) is 23.0. The Morgan fingerprint density at radius 3 is 2.22 bits per heavy atom. The number of ether oxygens (including phenoxy) is 2. The van der Waals surface area contributed by atoms with Crippen molar-refractivity contribution in [1.29, 1.82) is 0 Å². The van der Waals surface area contributed by atoms with Crippen molar-refractivity contribution in [3.05, 3.63) is 64.7 Å². The zero-order valence-corrected chi connectivity index (χ0v) is 18.5. The average molecular weight is 438 g/mol. The number of fused-ring (bicyclic) bond motifs is 2. The number of alkyl carbamates (subject to hydrolysis) is 1. The van der Waals surface area contributed by atoms with Gasteiger partial charge in [0, 0.05) is 28.9 Å². The van der Waals surface area contributed by atoms with E-state index in [1.807, 2.05) is 0 Å². The molecule has 3 rings (SSSR count). The smallest absolute Gasteiger partial charge is 0.408 e. The number of benzene rings is 2. The monoisotopic (exact) mass is 438 g/mol. The molecule has 0 saturated carbocycles. The Labute approximate surface area is 186 Å². The van der Waals surface area contributed by atoms with Crippen LogP contribution in [0.3, 0.4) is 0 Å². The summed E-state index contributed by atoms with van der Waals surface area (Å²) in [6, 6.07) is 10.9. The van der Waals surface area contributed by atoms with Crippen LogP contribution in [0.25, 0.3) is 0 Å². The molecule has 0 radical (unpaired) electrons. The molecule has 1 amide bonds. The van der Waals surface area contributed by atoms with Gasteiger partial charge in [-0.05, 0) is 33.8 Å². The molecule has 1 aliphatic rings. The molecule has 0 bridgehead atoms. The summed E-state index contributed by atoms with van der Waals surface area (Å²) in [5, 5.41) is 5.48. The van der Waals surface area contributed by atoms with Crippen LogP contribution in [0.4, 0.5) is 10.5 Å². The van der Waals surface area contributed by atoms with Gasteiger partial charge in [0.2, 0.25) is 0 Å². The van der Waals surface area contributed by atoms with Crippen LogP contribution in [0.1, 0.15) is 59.5 Å². The number of nitrogens with one attached hydrogen (secondary N) is 2. The maximum atomic E-state index is 13.0. The summed E-state index contributed by atoms with van der Waals surface area (Å²) in [7, 11) is 0. The summed E-state index contributed by atoms with van der Waals surface area (Å²) >= 11 is 0. The van der Waals surface area contributed by atoms with Crippen molar-refractivity contribution < 1.29 is 28.7 Å². The molecule has 2 N–H and O–H groups in total. The second kappa shape index (κ2) is 9.21. The number of hydrogen-bond acceptors (Lipinski definition) is 7. The highest BCUT2D eigenvalue weighted by molar-refractivity contribution is 6.30. The Balaban J connectivity index is 1.58. The molecule has 0 heterocycles. The number of hydrogen-bond donors (Lipinski definition) is 2. The highest BCUT2D eigenvalue weighted by Crippen LogP contribution is 2.31. The van der Waals surface area contributed by atoms with Crippen molar-refractivity contribution in [1.82, 2.24) is 5.32 Å². The molecule has 32 heavy (non-hydrogen) atoms. The van der Waals surface area contributed by atoms with Crippen LogP contribution in [-0.4, -0.2) is 48.4 Å². The average Bonchev–Trinajstić information content (AvgIpc) is 2.73. The molecule has 0 aliphatic heterocycles. The number of ketones is 2. The van der Waals surface area contributed by atoms with Gasteiger partial charge in [0.05, 0.1) is 5.56 Å². The molecular weight excluding hydrogens is 412 g/mol. The molecule has 0 fully saturated rings. The summed E-state index contributed by atoms with van der Waals surface area (Å²) < 4.78 is 10.3. The quantitative estimate of drug-likeness (QED) is 0.449. The summed E-state index contributed by atoms with van der Waals surface area (Å²) in [5.74, 6) is -1.05. The molecule has 8 nitrogen and oxygen atoms in total. The predicted molar refractivity (Wildman–Crippen MR) is 118 cm³/mol. The van der Waals surface area contributed by atoms with Gasteiger partial charge in [-0.15, -0.1) is 0 Å². The fourth-order valence-corrected chi connectivity index (χ4v) is 3.30. The highest BCUT2D eigenvalue weighted by atomic mass is 16.6. The minimum Gasteiger partial charge on any atom is -0.462 e. The number of carbonyl (C=O) groups is 4. The van der Waals surface area contributed by atoms with E-state index in [1.54, 1.807) is 63.2 Å². The fourth-order valence-electron chi connectivity index (χ4n) is 3.30. The molecule has 2 aromatic rings. The Bertz CT molecular complexity index is 1070. The van der Waals surface area contributed by atoms with E-state index in [9.17, 15) is 19.2 Å². The minimum absolute atomic E-state index is 0.00155. The summed E-state index contributed by atoms with van der Waals surface area (Å²) in [6.07, 6.45) is -0.709. The Kier molecular flexibility index (Phi) is 6.62. The molecular formula is C24H26N2O6. The van der Waals surface area contributed by atoms with Crippen LogP contribution >= 0.6 is 0 Å². The van der Waals surface area contributed by atoms with Gasteiger partial charge in [0.15, 0.2) is 11.6 Å². The predicted octanol–water partition coefficient (Wildman–Crippen LogP) is 3.33. The van der Waals surface area contributed by atoms with Crippen molar-refractivity contribution in [3.8, 4) is 0 Å². The van der Waals surface area contributed by atoms with Crippen molar-refractivity contribution in [2.45, 2.75) is 39.3 Å². The van der Waals surface area contributed by atoms with Crippen molar-refractivity contribution in [2.24, 2.45) is 0 Å². The molecule has 1 atom stereocenters. The molecule has 0 spiro atoms. The maximum Gasteiger partial charge on any atom is 0.408 e. The van der Waals surface area contributed by atoms with Gasteiger partial charge in [-0.1, -0.05) is 36.4 Å². The van der Waals surface area contributed by atoms with Gasteiger partial charge in [-0.25, -0.2) is 9.59 Å². The third-order valence-corrected chi connectivity index (χ3v) is 4.70. The zero-order valence-electron chi connectivity index (χ0n) is 18.5. The third kappa shape index (κ3) is 5.14. The van der Waals surface area contributed by atoms with Crippen molar-refractivity contribution in [2.75, 3.05) is 18.5 Å². The lowest BCUT2D eigenvalue weighted by atomic mass is 9.83. The van der Waals surface area contributed by atoms with Crippen molar-refractivity contribution >= 4 is 29.3 Å². The Morgan fingerprint density at radius 1 is 0.938 bits per heavy atom. The number of rotatable bonds is 6. The SMILES string of the molecule is C[C@H](NC(=O)OC(C)(C)C)C(=O)OCCNc1cccc2c1C(=O)c1ccccc1C2=O. The molecule has 1 aliphatic carbocycles. The number of anilines is 1. The Morgan fingerprint density at radius 2 is 1.56 bits per heavy atom. The van der Waals surface area contributed by atoms with E-state index in [4.69, 9.17) is 9.47 Å². The molecule has 0 aromatic heterocycles. The lowest BCUT2D eigenvalue weighted by Gasteiger charge is -2.22. The van der Waals surface area contributed by atoms with Crippen LogP contribution in [0.15, 0.2) is 42.5 Å². The van der Waals surface area contributed by atoms with Crippen LogP contribution in [0.5, 0.6) is 0 Å². The largest absolute Gasteiger partial charge is 0.462 e. The van der Waals surface area contributed by atoms with Crippen LogP contribution in [-0.2, 0) is 14.3 Å². The highest BCUT2D eigenvalue weighted by Gasteiger charge is 2.31. The van der Waals surface area contributed by atoms with Gasteiger partial charge >= 0.3 is 12.1 Å². The van der Waals surface area contributed by atoms with E-state index >= 15 is 0 Å². The topological polar surface area (TPSA) is 111 Å². The van der Waals surface area contributed by atoms with Crippen LogP contribution < -0.4 is 10.6 Å². The summed E-state index contributed by atoms with van der Waals surface area (Å²) in [5.41, 5.74) is 1.22.